The molecule has 1 amide bonds. The lowest BCUT2D eigenvalue weighted by Gasteiger charge is -2.39. The molecule has 1 aliphatic heterocycles. The van der Waals surface area contributed by atoms with Crippen LogP contribution in [0, 0.1) is 0 Å². The first-order valence-electron chi connectivity index (χ1n) is 9.72. The number of hydrogen-bond acceptors (Lipinski definition) is 4. The molecule has 146 valence electrons. The second kappa shape index (κ2) is 6.60. The number of aromatic nitrogens is 1. The van der Waals surface area contributed by atoms with E-state index >= 15 is 0 Å². The summed E-state index contributed by atoms with van der Waals surface area (Å²) in [6.07, 6.45) is 3.47. The van der Waals surface area contributed by atoms with E-state index in [2.05, 4.69) is 24.3 Å². The van der Waals surface area contributed by atoms with E-state index in [0.717, 1.165) is 17.9 Å². The zero-order valence-electron chi connectivity index (χ0n) is 15.8. The fourth-order valence-corrected chi connectivity index (χ4v) is 4.78. The molecule has 1 atom stereocenters. The number of benzene rings is 2. The molecule has 3 aromatic rings. The number of hydrogen-bond donors (Lipinski definition) is 2. The first-order valence-corrected chi connectivity index (χ1v) is 9.72. The summed E-state index contributed by atoms with van der Waals surface area (Å²) in [6, 6.07) is 17.7. The van der Waals surface area contributed by atoms with E-state index in [1.54, 1.807) is 10.8 Å². The molecule has 2 heterocycles. The van der Waals surface area contributed by atoms with Crippen LogP contribution in [0.3, 0.4) is 0 Å². The van der Waals surface area contributed by atoms with Crippen molar-refractivity contribution in [2.24, 2.45) is 5.84 Å². The van der Waals surface area contributed by atoms with Gasteiger partial charge in [-0.05, 0) is 35.1 Å². The third-order valence-corrected chi connectivity index (χ3v) is 6.14. The number of carbonyl (C=O) groups excluding carboxylic acids is 1. The van der Waals surface area contributed by atoms with Gasteiger partial charge in [-0.3, -0.25) is 14.6 Å². The number of carbonyl (C=O) groups is 1. The summed E-state index contributed by atoms with van der Waals surface area (Å²) in [5, 5.41) is 11.5. The van der Waals surface area contributed by atoms with Crippen LogP contribution in [0.5, 0.6) is 5.75 Å². The molecule has 2 aromatic carbocycles. The number of rotatable bonds is 1. The Kier molecular flexibility index (Phi) is 4.03. The molecule has 3 N–H and O–H groups in total. The van der Waals surface area contributed by atoms with Crippen molar-refractivity contribution in [3.05, 3.63) is 99.0 Å². The van der Waals surface area contributed by atoms with E-state index in [-0.39, 0.29) is 24.2 Å². The summed E-state index contributed by atoms with van der Waals surface area (Å²) in [6.45, 7) is 0.279. The molecule has 0 saturated heterocycles. The van der Waals surface area contributed by atoms with Crippen molar-refractivity contribution < 1.29 is 9.90 Å². The number of aryl methyl sites for hydroxylation is 2. The minimum absolute atomic E-state index is 0.0459. The van der Waals surface area contributed by atoms with Gasteiger partial charge in [0.15, 0.2) is 11.4 Å². The lowest BCUT2D eigenvalue weighted by molar-refractivity contribution is 0.0650. The molecule has 1 aliphatic carbocycles. The highest BCUT2D eigenvalue weighted by Crippen LogP contribution is 2.43. The van der Waals surface area contributed by atoms with Crippen LogP contribution >= 0.6 is 0 Å². The fraction of sp³-hybridized carbons (Fsp3) is 0.217. The van der Waals surface area contributed by atoms with Gasteiger partial charge >= 0.3 is 0 Å². The van der Waals surface area contributed by atoms with Crippen LogP contribution in [0.2, 0.25) is 0 Å². The average Bonchev–Trinajstić information content (AvgIpc) is 2.90. The average molecular weight is 387 g/mol. The van der Waals surface area contributed by atoms with Crippen molar-refractivity contribution in [2.45, 2.75) is 24.8 Å². The summed E-state index contributed by atoms with van der Waals surface area (Å²) in [5.41, 5.74) is 4.28. The highest BCUT2D eigenvalue weighted by Gasteiger charge is 2.39. The Labute approximate surface area is 167 Å². The molecule has 0 bridgehead atoms. The van der Waals surface area contributed by atoms with E-state index < -0.39 is 17.1 Å². The van der Waals surface area contributed by atoms with E-state index in [4.69, 9.17) is 5.84 Å². The topological polar surface area (TPSA) is 88.6 Å². The highest BCUT2D eigenvalue weighted by molar-refractivity contribution is 5.95. The SMILES string of the molecule is NN1CC(C2c3ccccc3CCc3ccccc32)n2ccc(=O)c(O)c2C1=O. The number of amides is 1. The zero-order chi connectivity index (χ0) is 20.1. The van der Waals surface area contributed by atoms with Crippen LogP contribution < -0.4 is 11.3 Å². The first-order chi connectivity index (χ1) is 14.1. The van der Waals surface area contributed by atoms with Gasteiger partial charge in [-0.15, -0.1) is 0 Å². The molecule has 1 aromatic heterocycles. The second-order valence-electron chi connectivity index (χ2n) is 7.68. The van der Waals surface area contributed by atoms with Crippen molar-refractivity contribution in [1.82, 2.24) is 9.58 Å². The number of hydrazine groups is 1. The van der Waals surface area contributed by atoms with Crippen LogP contribution in [0.25, 0.3) is 0 Å². The van der Waals surface area contributed by atoms with Crippen molar-refractivity contribution in [2.75, 3.05) is 6.54 Å². The summed E-state index contributed by atoms with van der Waals surface area (Å²) >= 11 is 0. The predicted octanol–water partition coefficient (Wildman–Crippen LogP) is 2.36. The molecule has 0 saturated carbocycles. The van der Waals surface area contributed by atoms with E-state index in [9.17, 15) is 14.7 Å². The Morgan fingerprint density at radius 1 is 0.897 bits per heavy atom. The Morgan fingerprint density at radius 2 is 1.48 bits per heavy atom. The molecular formula is C23H21N3O3. The van der Waals surface area contributed by atoms with Crippen LogP contribution in [0.4, 0.5) is 0 Å². The lowest BCUT2D eigenvalue weighted by atomic mass is 9.81. The standard InChI is InChI=1S/C23H21N3O3/c24-26-13-18(25-12-11-19(27)22(28)21(25)23(26)29)20-16-7-3-1-5-14(16)9-10-15-6-2-4-8-17(15)20/h1-8,11-12,18,20,28H,9-10,13,24H2. The van der Waals surface area contributed by atoms with Gasteiger partial charge in [0.2, 0.25) is 5.43 Å². The van der Waals surface area contributed by atoms with Gasteiger partial charge in [0.05, 0.1) is 12.6 Å². The summed E-state index contributed by atoms with van der Waals surface area (Å²) in [5.74, 6) is 4.88. The Morgan fingerprint density at radius 3 is 2.10 bits per heavy atom. The number of nitrogens with two attached hydrogens (primary N) is 1. The molecule has 1 unspecified atom stereocenters. The van der Waals surface area contributed by atoms with Crippen LogP contribution in [-0.2, 0) is 12.8 Å². The van der Waals surface area contributed by atoms with Gasteiger partial charge < -0.3 is 9.67 Å². The summed E-state index contributed by atoms with van der Waals surface area (Å²) < 4.78 is 1.73. The minimum Gasteiger partial charge on any atom is -0.503 e. The molecule has 5 rings (SSSR count). The monoisotopic (exact) mass is 387 g/mol. The highest BCUT2D eigenvalue weighted by atomic mass is 16.3. The molecule has 6 heteroatoms. The second-order valence-corrected chi connectivity index (χ2v) is 7.68. The van der Waals surface area contributed by atoms with Crippen molar-refractivity contribution >= 4 is 5.91 Å². The fourth-order valence-electron chi connectivity index (χ4n) is 4.78. The van der Waals surface area contributed by atoms with Gasteiger partial charge in [0, 0.05) is 18.2 Å². The maximum absolute atomic E-state index is 12.7. The quantitative estimate of drug-likeness (QED) is 0.496. The molecule has 29 heavy (non-hydrogen) atoms. The third kappa shape index (κ3) is 2.68. The van der Waals surface area contributed by atoms with Gasteiger partial charge in [-0.1, -0.05) is 48.5 Å². The largest absolute Gasteiger partial charge is 0.503 e. The minimum atomic E-state index is -0.583. The van der Waals surface area contributed by atoms with Crippen molar-refractivity contribution in [1.29, 1.82) is 0 Å². The van der Waals surface area contributed by atoms with E-state index in [1.807, 2.05) is 24.3 Å². The number of nitrogens with zero attached hydrogens (tertiary/aromatic N) is 2. The maximum atomic E-state index is 12.7. The smallest absolute Gasteiger partial charge is 0.288 e. The lowest BCUT2D eigenvalue weighted by Crippen LogP contribution is -2.49. The Balaban J connectivity index is 1.79. The van der Waals surface area contributed by atoms with Gasteiger partial charge in [-0.25, -0.2) is 5.84 Å². The molecule has 6 nitrogen and oxygen atoms in total. The van der Waals surface area contributed by atoms with E-state index in [1.165, 1.54) is 28.3 Å². The summed E-state index contributed by atoms with van der Waals surface area (Å²) in [7, 11) is 0. The van der Waals surface area contributed by atoms with Crippen molar-refractivity contribution in [3.63, 3.8) is 0 Å². The zero-order valence-corrected chi connectivity index (χ0v) is 15.8. The van der Waals surface area contributed by atoms with Gasteiger partial charge in [0.1, 0.15) is 0 Å². The molecule has 2 aliphatic rings. The predicted molar refractivity (Wildman–Crippen MR) is 109 cm³/mol. The first kappa shape index (κ1) is 17.7. The van der Waals surface area contributed by atoms with Crippen molar-refractivity contribution in [3.8, 4) is 5.75 Å². The number of pyridine rings is 1. The third-order valence-electron chi connectivity index (χ3n) is 6.14. The van der Waals surface area contributed by atoms with Crippen LogP contribution in [-0.4, -0.2) is 27.1 Å². The Bertz CT molecular complexity index is 1140. The van der Waals surface area contributed by atoms with Gasteiger partial charge in [0.25, 0.3) is 5.91 Å². The van der Waals surface area contributed by atoms with Crippen LogP contribution in [0.15, 0.2) is 65.6 Å². The molecule has 0 spiro atoms. The number of aromatic hydroxyl groups is 1. The maximum Gasteiger partial charge on any atom is 0.288 e. The Hall–Kier alpha value is -3.38. The van der Waals surface area contributed by atoms with Crippen LogP contribution in [0.1, 0.15) is 44.7 Å². The number of fused-ring (bicyclic) bond motifs is 3. The molecule has 0 fully saturated rings. The molecule has 0 radical (unpaired) electrons. The van der Waals surface area contributed by atoms with E-state index in [0.29, 0.717) is 0 Å². The summed E-state index contributed by atoms with van der Waals surface area (Å²) in [4.78, 5) is 24.7. The molecular weight excluding hydrogens is 366 g/mol. The normalized spacial score (nSPS) is 18.6. The van der Waals surface area contributed by atoms with Gasteiger partial charge in [-0.2, -0.15) is 0 Å².